The normalized spacial score (nSPS) is 31.5. The third-order valence-electron chi connectivity index (χ3n) is 5.34. The van der Waals surface area contributed by atoms with Gasteiger partial charge in [0, 0.05) is 0 Å². The maximum Gasteiger partial charge on any atom is 0.338 e. The molecule has 1 heterocycles. The summed E-state index contributed by atoms with van der Waals surface area (Å²) < 4.78 is 22.6. The second-order valence-electron chi connectivity index (χ2n) is 8.02. The number of aliphatic hydroxyl groups excluding tert-OH is 2. The van der Waals surface area contributed by atoms with Crippen molar-refractivity contribution >= 4 is 11.9 Å². The molecule has 0 spiro atoms. The largest absolute Gasteiger partial charge is 0.453 e. The van der Waals surface area contributed by atoms with E-state index in [1.54, 1.807) is 74.5 Å². The van der Waals surface area contributed by atoms with Crippen molar-refractivity contribution in [1.82, 2.24) is 0 Å². The van der Waals surface area contributed by atoms with Gasteiger partial charge in [-0.05, 0) is 38.1 Å². The summed E-state index contributed by atoms with van der Waals surface area (Å²) in [5, 5.41) is 21.8. The topological polar surface area (TPSA) is 112 Å². The van der Waals surface area contributed by atoms with E-state index in [0.717, 1.165) is 0 Å². The van der Waals surface area contributed by atoms with E-state index < -0.39 is 54.3 Å². The first-order chi connectivity index (χ1) is 14.8. The van der Waals surface area contributed by atoms with Gasteiger partial charge < -0.3 is 29.2 Å². The van der Waals surface area contributed by atoms with E-state index in [9.17, 15) is 19.8 Å². The molecule has 8 nitrogen and oxygen atoms in total. The molecule has 164 valence electrons. The van der Waals surface area contributed by atoms with E-state index in [1.165, 1.54) is 0 Å². The molecule has 1 saturated carbocycles. The third kappa shape index (κ3) is 4.33. The van der Waals surface area contributed by atoms with E-state index in [2.05, 4.69) is 0 Å². The highest BCUT2D eigenvalue weighted by Gasteiger charge is 2.60. The molecule has 6 atom stereocenters. The quantitative estimate of drug-likeness (QED) is 0.708. The van der Waals surface area contributed by atoms with Crippen LogP contribution in [-0.4, -0.2) is 64.6 Å². The molecule has 2 aliphatic rings. The molecule has 0 unspecified atom stereocenters. The van der Waals surface area contributed by atoms with Crippen LogP contribution in [0.4, 0.5) is 0 Å². The van der Waals surface area contributed by atoms with Crippen molar-refractivity contribution in [1.29, 1.82) is 0 Å². The fraction of sp³-hybridized carbons (Fsp3) is 0.391. The zero-order valence-corrected chi connectivity index (χ0v) is 17.1. The predicted molar refractivity (Wildman–Crippen MR) is 107 cm³/mol. The van der Waals surface area contributed by atoms with Crippen LogP contribution in [0.3, 0.4) is 0 Å². The maximum absolute atomic E-state index is 12.6. The maximum atomic E-state index is 12.6. The molecule has 2 N–H and O–H groups in total. The second kappa shape index (κ2) is 8.39. The van der Waals surface area contributed by atoms with Crippen LogP contribution in [0.25, 0.3) is 0 Å². The number of aliphatic hydroxyl groups is 2. The van der Waals surface area contributed by atoms with Crippen molar-refractivity contribution in [3.63, 3.8) is 0 Å². The molecule has 2 aromatic rings. The summed E-state index contributed by atoms with van der Waals surface area (Å²) in [5.41, 5.74) is 0.541. The highest BCUT2D eigenvalue weighted by Crippen LogP contribution is 2.40. The smallest absolute Gasteiger partial charge is 0.338 e. The minimum Gasteiger partial charge on any atom is -0.453 e. The Labute approximate surface area is 179 Å². The number of fused-ring (bicyclic) bond motifs is 1. The van der Waals surface area contributed by atoms with Gasteiger partial charge in [0.25, 0.3) is 0 Å². The third-order valence-corrected chi connectivity index (χ3v) is 5.34. The molecular formula is C23H24O8. The van der Waals surface area contributed by atoms with Crippen LogP contribution in [0.5, 0.6) is 0 Å². The van der Waals surface area contributed by atoms with Crippen molar-refractivity contribution < 1.29 is 38.7 Å². The Bertz CT molecular complexity index is 929. The molecule has 31 heavy (non-hydrogen) atoms. The minimum atomic E-state index is -1.53. The molecular weight excluding hydrogens is 404 g/mol. The summed E-state index contributed by atoms with van der Waals surface area (Å²) >= 11 is 0. The number of hydrogen-bond donors (Lipinski definition) is 2. The number of benzene rings is 2. The number of rotatable bonds is 4. The summed E-state index contributed by atoms with van der Waals surface area (Å²) in [6.45, 7) is 3.29. The number of hydrogen-bond acceptors (Lipinski definition) is 8. The Balaban J connectivity index is 1.59. The average Bonchev–Trinajstić information content (AvgIpc) is 3.10. The van der Waals surface area contributed by atoms with Crippen molar-refractivity contribution in [2.45, 2.75) is 56.3 Å². The second-order valence-corrected chi connectivity index (χ2v) is 8.02. The van der Waals surface area contributed by atoms with Gasteiger partial charge in [0.05, 0.1) is 11.1 Å². The Hall–Kier alpha value is -2.78. The Morgan fingerprint density at radius 2 is 1.19 bits per heavy atom. The molecule has 0 aromatic heterocycles. The summed E-state index contributed by atoms with van der Waals surface area (Å²) in [6.07, 6.45) is -7.45. The van der Waals surface area contributed by atoms with Crippen LogP contribution in [0.2, 0.25) is 0 Å². The highest BCUT2D eigenvalue weighted by molar-refractivity contribution is 5.90. The van der Waals surface area contributed by atoms with E-state index in [-0.39, 0.29) is 11.1 Å². The van der Waals surface area contributed by atoms with Crippen LogP contribution in [-0.2, 0) is 18.9 Å². The van der Waals surface area contributed by atoms with Gasteiger partial charge >= 0.3 is 11.9 Å². The number of esters is 2. The lowest BCUT2D eigenvalue weighted by Gasteiger charge is -2.42. The van der Waals surface area contributed by atoms with Gasteiger partial charge in [-0.3, -0.25) is 0 Å². The molecule has 4 rings (SSSR count). The summed E-state index contributed by atoms with van der Waals surface area (Å²) in [5.74, 6) is -2.50. The SMILES string of the molecule is CC1(C)O[C@@H]2[C@H](OC(=O)c3ccccc3)[C@H](O)[C@@H](OC(=O)c3ccccc3)[C@H](O)[C@H]2O1. The van der Waals surface area contributed by atoms with Crippen molar-refractivity contribution in [3.05, 3.63) is 71.8 Å². The first-order valence-corrected chi connectivity index (χ1v) is 10.0. The van der Waals surface area contributed by atoms with E-state index >= 15 is 0 Å². The standard InChI is InChI=1S/C23H24O8/c1-23(2)30-19-16(25)17(28-21(26)13-9-5-3-6-10-13)15(24)18(20(19)31-23)29-22(27)14-11-7-4-8-12-14/h3-12,15-20,24-25H,1-2H3/t15-,16+,17-,18-,19-,20-/m1/s1. The zero-order valence-electron chi connectivity index (χ0n) is 17.1. The number of ether oxygens (including phenoxy) is 4. The summed E-state index contributed by atoms with van der Waals surface area (Å²) in [4.78, 5) is 25.2. The van der Waals surface area contributed by atoms with Crippen molar-refractivity contribution in [2.75, 3.05) is 0 Å². The predicted octanol–water partition coefficient (Wildman–Crippen LogP) is 1.69. The average molecular weight is 428 g/mol. The van der Waals surface area contributed by atoms with Crippen LogP contribution in [0, 0.1) is 0 Å². The lowest BCUT2D eigenvalue weighted by Crippen LogP contribution is -2.64. The Kier molecular flexibility index (Phi) is 5.81. The van der Waals surface area contributed by atoms with Gasteiger partial charge in [0.15, 0.2) is 18.0 Å². The first-order valence-electron chi connectivity index (χ1n) is 10.0. The van der Waals surface area contributed by atoms with Crippen LogP contribution >= 0.6 is 0 Å². The summed E-state index contributed by atoms with van der Waals surface area (Å²) in [7, 11) is 0. The van der Waals surface area contributed by atoms with Crippen LogP contribution < -0.4 is 0 Å². The van der Waals surface area contributed by atoms with Crippen molar-refractivity contribution in [3.8, 4) is 0 Å². The molecule has 8 heteroatoms. The molecule has 2 aromatic carbocycles. The van der Waals surface area contributed by atoms with Crippen molar-refractivity contribution in [2.24, 2.45) is 0 Å². The van der Waals surface area contributed by atoms with Gasteiger partial charge in [-0.2, -0.15) is 0 Å². The minimum absolute atomic E-state index is 0.255. The monoisotopic (exact) mass is 428 g/mol. The fourth-order valence-electron chi connectivity index (χ4n) is 3.91. The van der Waals surface area contributed by atoms with Gasteiger partial charge in [0.1, 0.15) is 24.4 Å². The molecule has 1 aliphatic heterocycles. The molecule has 0 radical (unpaired) electrons. The lowest BCUT2D eigenvalue weighted by atomic mass is 9.84. The summed E-state index contributed by atoms with van der Waals surface area (Å²) in [6, 6.07) is 16.5. The van der Waals surface area contributed by atoms with E-state index in [4.69, 9.17) is 18.9 Å². The Morgan fingerprint density at radius 1 is 0.742 bits per heavy atom. The number of carbonyl (C=O) groups excluding carboxylic acids is 2. The Morgan fingerprint density at radius 3 is 1.71 bits per heavy atom. The fourth-order valence-corrected chi connectivity index (χ4v) is 3.91. The van der Waals surface area contributed by atoms with Gasteiger partial charge in [-0.15, -0.1) is 0 Å². The van der Waals surface area contributed by atoms with Gasteiger partial charge in [0.2, 0.25) is 0 Å². The van der Waals surface area contributed by atoms with Crippen LogP contribution in [0.1, 0.15) is 34.6 Å². The van der Waals surface area contributed by atoms with Gasteiger partial charge in [-0.25, -0.2) is 9.59 Å². The molecule has 1 aliphatic carbocycles. The highest BCUT2D eigenvalue weighted by atomic mass is 16.8. The van der Waals surface area contributed by atoms with Gasteiger partial charge in [-0.1, -0.05) is 36.4 Å². The van der Waals surface area contributed by atoms with E-state index in [0.29, 0.717) is 0 Å². The molecule has 1 saturated heterocycles. The van der Waals surface area contributed by atoms with E-state index in [1.807, 2.05) is 0 Å². The zero-order chi connectivity index (χ0) is 22.2. The van der Waals surface area contributed by atoms with Crippen LogP contribution in [0.15, 0.2) is 60.7 Å². The first kappa shape index (κ1) is 21.5. The molecule has 0 amide bonds. The number of carbonyl (C=O) groups is 2. The molecule has 0 bridgehead atoms. The molecule has 2 fully saturated rings. The lowest BCUT2D eigenvalue weighted by molar-refractivity contribution is -0.193.